The van der Waals surface area contributed by atoms with Gasteiger partial charge in [0.25, 0.3) is 0 Å². The molecule has 0 bridgehead atoms. The van der Waals surface area contributed by atoms with Crippen LogP contribution in [-0.2, 0) is 0 Å². The number of nitrogens with zero attached hydrogens (tertiary/aromatic N) is 3. The summed E-state index contributed by atoms with van der Waals surface area (Å²) in [5.74, 6) is 1.45. The number of rotatable bonds is 5. The van der Waals surface area contributed by atoms with Gasteiger partial charge in [0.1, 0.15) is 11.6 Å². The molecule has 1 fully saturated rings. The Hall–Kier alpha value is -2.96. The molecule has 7 nitrogen and oxygen atoms in total. The first kappa shape index (κ1) is 18.8. The van der Waals surface area contributed by atoms with Crippen molar-refractivity contribution in [1.82, 2.24) is 10.3 Å². The standard InChI is InChI=1S/C20H27N5O2/c1-15(2)22-20(26)23-19-9-8-16(14-21-19)24-10-12-25(13-11-24)17-6-4-5-7-18(17)27-3/h4-9,14-15H,10-13H2,1-3H3,(H2,21,22,23,26). The second-order valence-corrected chi connectivity index (χ2v) is 6.80. The number of hydrogen-bond acceptors (Lipinski definition) is 5. The van der Waals surface area contributed by atoms with Gasteiger partial charge in [0, 0.05) is 32.2 Å². The molecule has 0 radical (unpaired) electrons. The number of anilines is 3. The number of benzene rings is 1. The van der Waals surface area contributed by atoms with Gasteiger partial charge in [0.2, 0.25) is 0 Å². The van der Waals surface area contributed by atoms with E-state index >= 15 is 0 Å². The molecule has 0 atom stereocenters. The zero-order valence-corrected chi connectivity index (χ0v) is 16.1. The largest absolute Gasteiger partial charge is 0.495 e. The molecule has 2 heterocycles. The summed E-state index contributed by atoms with van der Waals surface area (Å²) < 4.78 is 5.47. The average Bonchev–Trinajstić information content (AvgIpc) is 2.68. The van der Waals surface area contributed by atoms with Crippen molar-refractivity contribution in [2.75, 3.05) is 48.4 Å². The Morgan fingerprint density at radius 3 is 2.41 bits per heavy atom. The van der Waals surface area contributed by atoms with E-state index in [4.69, 9.17) is 4.74 Å². The van der Waals surface area contributed by atoms with E-state index in [-0.39, 0.29) is 12.1 Å². The number of para-hydroxylation sites is 2. The average molecular weight is 369 g/mol. The molecule has 2 aromatic rings. The zero-order chi connectivity index (χ0) is 19.2. The molecule has 1 aromatic heterocycles. The van der Waals surface area contributed by atoms with Crippen molar-refractivity contribution in [2.45, 2.75) is 19.9 Å². The van der Waals surface area contributed by atoms with Gasteiger partial charge >= 0.3 is 6.03 Å². The minimum absolute atomic E-state index is 0.0869. The molecule has 2 amide bonds. The van der Waals surface area contributed by atoms with Crippen molar-refractivity contribution >= 4 is 23.2 Å². The Labute approximate surface area is 160 Å². The first-order chi connectivity index (χ1) is 13.1. The lowest BCUT2D eigenvalue weighted by atomic mass is 10.2. The fourth-order valence-corrected chi connectivity index (χ4v) is 3.16. The molecule has 0 spiro atoms. The molecule has 0 aliphatic carbocycles. The molecule has 0 unspecified atom stereocenters. The van der Waals surface area contributed by atoms with E-state index in [0.717, 1.165) is 43.3 Å². The molecule has 1 aliphatic rings. The number of carbonyl (C=O) groups excluding carboxylic acids is 1. The highest BCUT2D eigenvalue weighted by Gasteiger charge is 2.20. The number of piperazine rings is 1. The maximum atomic E-state index is 11.7. The second kappa shape index (κ2) is 8.62. The molecule has 1 aliphatic heterocycles. The summed E-state index contributed by atoms with van der Waals surface area (Å²) in [5.41, 5.74) is 2.19. The molecule has 144 valence electrons. The fourth-order valence-electron chi connectivity index (χ4n) is 3.16. The lowest BCUT2D eigenvalue weighted by molar-refractivity contribution is 0.250. The fraction of sp³-hybridized carbons (Fsp3) is 0.400. The van der Waals surface area contributed by atoms with Gasteiger partial charge in [-0.05, 0) is 38.1 Å². The first-order valence-electron chi connectivity index (χ1n) is 9.23. The second-order valence-electron chi connectivity index (χ2n) is 6.80. The van der Waals surface area contributed by atoms with Crippen LogP contribution in [0.2, 0.25) is 0 Å². The number of nitrogens with one attached hydrogen (secondary N) is 2. The maximum absolute atomic E-state index is 11.7. The van der Waals surface area contributed by atoms with Gasteiger partial charge in [-0.3, -0.25) is 5.32 Å². The molecule has 1 aromatic carbocycles. The lowest BCUT2D eigenvalue weighted by Crippen LogP contribution is -2.46. The molecule has 2 N–H and O–H groups in total. The highest BCUT2D eigenvalue weighted by molar-refractivity contribution is 5.88. The smallest absolute Gasteiger partial charge is 0.320 e. The zero-order valence-electron chi connectivity index (χ0n) is 16.1. The lowest BCUT2D eigenvalue weighted by Gasteiger charge is -2.37. The maximum Gasteiger partial charge on any atom is 0.320 e. The van der Waals surface area contributed by atoms with E-state index < -0.39 is 0 Å². The Morgan fingerprint density at radius 2 is 1.78 bits per heavy atom. The van der Waals surface area contributed by atoms with Crippen LogP contribution in [0.4, 0.5) is 22.0 Å². The minimum Gasteiger partial charge on any atom is -0.495 e. The number of urea groups is 1. The minimum atomic E-state index is -0.240. The van der Waals surface area contributed by atoms with Gasteiger partial charge in [-0.15, -0.1) is 0 Å². The van der Waals surface area contributed by atoms with Crippen LogP contribution in [0.25, 0.3) is 0 Å². The molecule has 3 rings (SSSR count). The summed E-state index contributed by atoms with van der Waals surface area (Å²) in [6, 6.07) is 11.8. The normalized spacial score (nSPS) is 14.2. The molecular weight excluding hydrogens is 342 g/mol. The van der Waals surface area contributed by atoms with Crippen molar-refractivity contribution in [2.24, 2.45) is 0 Å². The third-order valence-electron chi connectivity index (χ3n) is 4.48. The highest BCUT2D eigenvalue weighted by atomic mass is 16.5. The summed E-state index contributed by atoms with van der Waals surface area (Å²) in [7, 11) is 1.71. The number of carbonyl (C=O) groups is 1. The van der Waals surface area contributed by atoms with Crippen molar-refractivity contribution in [1.29, 1.82) is 0 Å². The van der Waals surface area contributed by atoms with Crippen molar-refractivity contribution in [3.05, 3.63) is 42.6 Å². The van der Waals surface area contributed by atoms with Crippen LogP contribution in [-0.4, -0.2) is 50.3 Å². The molecular formula is C20H27N5O2. The Morgan fingerprint density at radius 1 is 1.07 bits per heavy atom. The summed E-state index contributed by atoms with van der Waals surface area (Å²) in [4.78, 5) is 20.7. The topological polar surface area (TPSA) is 69.7 Å². The van der Waals surface area contributed by atoms with Crippen LogP contribution in [0.1, 0.15) is 13.8 Å². The Balaban J connectivity index is 1.57. The summed E-state index contributed by atoms with van der Waals surface area (Å²) >= 11 is 0. The van der Waals surface area contributed by atoms with E-state index in [1.54, 1.807) is 7.11 Å². The molecule has 0 saturated carbocycles. The summed E-state index contributed by atoms with van der Waals surface area (Å²) in [6.07, 6.45) is 1.81. The van der Waals surface area contributed by atoms with E-state index in [1.807, 2.05) is 50.4 Å². The van der Waals surface area contributed by atoms with Gasteiger partial charge in [-0.1, -0.05) is 12.1 Å². The number of amides is 2. The number of ether oxygens (including phenoxy) is 1. The molecule has 1 saturated heterocycles. The van der Waals surface area contributed by atoms with E-state index in [9.17, 15) is 4.79 Å². The van der Waals surface area contributed by atoms with E-state index in [2.05, 4.69) is 31.5 Å². The SMILES string of the molecule is COc1ccccc1N1CCN(c2ccc(NC(=O)NC(C)C)nc2)CC1. The predicted molar refractivity (Wildman–Crippen MR) is 109 cm³/mol. The number of hydrogen-bond donors (Lipinski definition) is 2. The predicted octanol–water partition coefficient (Wildman–Crippen LogP) is 2.95. The van der Waals surface area contributed by atoms with Gasteiger partial charge < -0.3 is 19.9 Å². The summed E-state index contributed by atoms with van der Waals surface area (Å²) in [6.45, 7) is 7.47. The Kier molecular flexibility index (Phi) is 6.01. The van der Waals surface area contributed by atoms with Crippen LogP contribution >= 0.6 is 0 Å². The third-order valence-corrected chi connectivity index (χ3v) is 4.48. The van der Waals surface area contributed by atoms with Gasteiger partial charge in [-0.2, -0.15) is 0 Å². The first-order valence-corrected chi connectivity index (χ1v) is 9.23. The van der Waals surface area contributed by atoms with Gasteiger partial charge in [0.15, 0.2) is 0 Å². The Bertz CT molecular complexity index is 755. The van der Waals surface area contributed by atoms with E-state index in [1.165, 1.54) is 0 Å². The molecule has 27 heavy (non-hydrogen) atoms. The van der Waals surface area contributed by atoms with Gasteiger partial charge in [-0.25, -0.2) is 9.78 Å². The van der Waals surface area contributed by atoms with E-state index in [0.29, 0.717) is 5.82 Å². The van der Waals surface area contributed by atoms with Crippen molar-refractivity contribution < 1.29 is 9.53 Å². The highest BCUT2D eigenvalue weighted by Crippen LogP contribution is 2.29. The van der Waals surface area contributed by atoms with Crippen molar-refractivity contribution in [3.8, 4) is 5.75 Å². The van der Waals surface area contributed by atoms with Crippen LogP contribution in [0.5, 0.6) is 5.75 Å². The number of aromatic nitrogens is 1. The van der Waals surface area contributed by atoms with Crippen LogP contribution in [0.15, 0.2) is 42.6 Å². The van der Waals surface area contributed by atoms with Crippen molar-refractivity contribution in [3.63, 3.8) is 0 Å². The quantitative estimate of drug-likeness (QED) is 0.848. The van der Waals surface area contributed by atoms with Gasteiger partial charge in [0.05, 0.1) is 24.7 Å². The number of pyridine rings is 1. The number of methoxy groups -OCH3 is 1. The van der Waals surface area contributed by atoms with Crippen LogP contribution in [0.3, 0.4) is 0 Å². The van der Waals surface area contributed by atoms with Crippen LogP contribution < -0.4 is 25.2 Å². The molecule has 7 heteroatoms. The monoisotopic (exact) mass is 369 g/mol. The third kappa shape index (κ3) is 4.81. The summed E-state index contributed by atoms with van der Waals surface area (Å²) in [5, 5.41) is 5.53. The van der Waals surface area contributed by atoms with Crippen LogP contribution in [0, 0.1) is 0 Å².